The van der Waals surface area contributed by atoms with Gasteiger partial charge >= 0.3 is 11.9 Å². The second-order valence-electron chi connectivity index (χ2n) is 2.81. The number of aldehydes is 1. The fourth-order valence-electron chi connectivity index (χ4n) is 0.725. The Morgan fingerprint density at radius 3 is 2.00 bits per heavy atom. The van der Waals surface area contributed by atoms with Gasteiger partial charge in [0.2, 0.25) is 0 Å². The summed E-state index contributed by atoms with van der Waals surface area (Å²) in [5.41, 5.74) is 0. The van der Waals surface area contributed by atoms with Crippen LogP contribution in [0.2, 0.25) is 0 Å². The van der Waals surface area contributed by atoms with Gasteiger partial charge in [-0.2, -0.15) is 0 Å². The molecule has 0 aliphatic heterocycles. The predicted molar refractivity (Wildman–Crippen MR) is 43.6 cm³/mol. The summed E-state index contributed by atoms with van der Waals surface area (Å²) < 4.78 is 0. The lowest BCUT2D eigenvalue weighted by Gasteiger charge is -2.06. The zero-order valence-electron chi connectivity index (χ0n) is 7.47. The van der Waals surface area contributed by atoms with Crippen molar-refractivity contribution in [1.29, 1.82) is 0 Å². The Morgan fingerprint density at radius 1 is 1.21 bits per heavy atom. The Morgan fingerprint density at radius 2 is 1.71 bits per heavy atom. The van der Waals surface area contributed by atoms with Gasteiger partial charge in [0, 0.05) is 6.42 Å². The largest absolute Gasteiger partial charge is 0.481 e. The van der Waals surface area contributed by atoms with Gasteiger partial charge in [-0.15, -0.1) is 0 Å². The summed E-state index contributed by atoms with van der Waals surface area (Å²) in [5, 5.41) is 16.8. The molecule has 6 heteroatoms. The van der Waals surface area contributed by atoms with Crippen LogP contribution in [0.3, 0.4) is 0 Å². The Bertz CT molecular complexity index is 269. The zero-order valence-corrected chi connectivity index (χ0v) is 7.47. The molecule has 0 aliphatic rings. The number of Topliss-reactive ketones (excluding diaryl/α,β-unsaturated/α-hetero) is 1. The van der Waals surface area contributed by atoms with E-state index in [0.29, 0.717) is 0 Å². The van der Waals surface area contributed by atoms with Crippen LogP contribution in [0.1, 0.15) is 13.3 Å². The third-order valence-corrected chi connectivity index (χ3v) is 1.76. The first-order valence-electron chi connectivity index (χ1n) is 3.83. The van der Waals surface area contributed by atoms with Gasteiger partial charge < -0.3 is 15.0 Å². The Kier molecular flexibility index (Phi) is 4.48. The molecule has 0 bridgehead atoms. The molecule has 0 saturated heterocycles. The van der Waals surface area contributed by atoms with Crippen LogP contribution in [0.4, 0.5) is 0 Å². The lowest BCUT2D eigenvalue weighted by Crippen LogP contribution is -2.26. The number of carbonyl (C=O) groups is 4. The van der Waals surface area contributed by atoms with Crippen LogP contribution in [-0.4, -0.2) is 34.2 Å². The standard InChI is InChI=1S/C8H10O6/c1-4(7(11)12)6(10)2-5(3-9)8(13)14/h3-5H,2H2,1H3,(H,11,12)(H,13,14). The molecule has 0 spiro atoms. The smallest absolute Gasteiger partial charge is 0.314 e. The molecule has 0 aromatic rings. The first-order chi connectivity index (χ1) is 6.40. The lowest BCUT2D eigenvalue weighted by atomic mass is 9.96. The molecule has 2 unspecified atom stereocenters. The van der Waals surface area contributed by atoms with Crippen molar-refractivity contribution in [2.24, 2.45) is 11.8 Å². The van der Waals surface area contributed by atoms with Gasteiger partial charge in [0.1, 0.15) is 23.9 Å². The molecule has 0 aromatic heterocycles. The van der Waals surface area contributed by atoms with Gasteiger partial charge in [0.25, 0.3) is 0 Å². The number of ketones is 1. The molecule has 0 aliphatic carbocycles. The minimum atomic E-state index is -1.45. The first kappa shape index (κ1) is 12.3. The summed E-state index contributed by atoms with van der Waals surface area (Å²) in [5.74, 6) is -6.26. The van der Waals surface area contributed by atoms with E-state index < -0.39 is 36.0 Å². The predicted octanol–water partition coefficient (Wildman–Crippen LogP) is -0.434. The van der Waals surface area contributed by atoms with Crippen molar-refractivity contribution in [3.05, 3.63) is 0 Å². The van der Waals surface area contributed by atoms with Crippen molar-refractivity contribution in [2.45, 2.75) is 13.3 Å². The average molecular weight is 202 g/mol. The van der Waals surface area contributed by atoms with Gasteiger partial charge in [-0.3, -0.25) is 14.4 Å². The van der Waals surface area contributed by atoms with E-state index >= 15 is 0 Å². The molecule has 78 valence electrons. The third-order valence-electron chi connectivity index (χ3n) is 1.76. The van der Waals surface area contributed by atoms with Crippen molar-refractivity contribution in [3.63, 3.8) is 0 Å². The van der Waals surface area contributed by atoms with E-state index in [1.807, 2.05) is 0 Å². The molecule has 0 fully saturated rings. The number of hydrogen-bond donors (Lipinski definition) is 2. The lowest BCUT2D eigenvalue weighted by molar-refractivity contribution is -0.150. The van der Waals surface area contributed by atoms with Gasteiger partial charge in [-0.25, -0.2) is 0 Å². The van der Waals surface area contributed by atoms with Crippen molar-refractivity contribution >= 4 is 24.0 Å². The van der Waals surface area contributed by atoms with Crippen LogP contribution < -0.4 is 0 Å². The minimum absolute atomic E-state index is 0.120. The molecular formula is C8H10O6. The van der Waals surface area contributed by atoms with Gasteiger partial charge in [0.15, 0.2) is 0 Å². The highest BCUT2D eigenvalue weighted by molar-refractivity contribution is 6.01. The van der Waals surface area contributed by atoms with Crippen LogP contribution in [0.15, 0.2) is 0 Å². The van der Waals surface area contributed by atoms with E-state index in [-0.39, 0.29) is 6.29 Å². The molecule has 2 atom stereocenters. The number of carbonyl (C=O) groups excluding carboxylic acids is 2. The second-order valence-corrected chi connectivity index (χ2v) is 2.81. The van der Waals surface area contributed by atoms with Crippen molar-refractivity contribution in [1.82, 2.24) is 0 Å². The highest BCUT2D eigenvalue weighted by atomic mass is 16.4. The second kappa shape index (κ2) is 5.11. The quantitative estimate of drug-likeness (QED) is 0.446. The van der Waals surface area contributed by atoms with Crippen LogP contribution in [0.5, 0.6) is 0 Å². The molecule has 0 rings (SSSR count). The van der Waals surface area contributed by atoms with Crippen LogP contribution in [0.25, 0.3) is 0 Å². The molecule has 0 heterocycles. The third kappa shape index (κ3) is 3.34. The minimum Gasteiger partial charge on any atom is -0.481 e. The number of carboxylic acid groups (broad SMARTS) is 2. The molecule has 2 N–H and O–H groups in total. The zero-order chi connectivity index (χ0) is 11.3. The van der Waals surface area contributed by atoms with Gasteiger partial charge in [-0.05, 0) is 6.92 Å². The Labute approximate surface area is 79.5 Å². The summed E-state index contributed by atoms with van der Waals surface area (Å²) in [6.45, 7) is 1.15. The van der Waals surface area contributed by atoms with Gasteiger partial charge in [0.05, 0.1) is 0 Å². The van der Waals surface area contributed by atoms with Crippen LogP contribution in [0, 0.1) is 11.8 Å². The van der Waals surface area contributed by atoms with E-state index in [1.54, 1.807) is 0 Å². The SMILES string of the molecule is CC(C(=O)O)C(=O)CC(C=O)C(=O)O. The number of aliphatic carboxylic acids is 2. The normalized spacial score (nSPS) is 14.1. The fourth-order valence-corrected chi connectivity index (χ4v) is 0.725. The Hall–Kier alpha value is -1.72. The molecule has 0 saturated carbocycles. The van der Waals surface area contributed by atoms with E-state index in [0.717, 1.165) is 6.92 Å². The van der Waals surface area contributed by atoms with E-state index in [2.05, 4.69) is 0 Å². The van der Waals surface area contributed by atoms with E-state index in [9.17, 15) is 19.2 Å². The van der Waals surface area contributed by atoms with Crippen molar-refractivity contribution in [2.75, 3.05) is 0 Å². The Balaban J connectivity index is 4.37. The highest BCUT2D eigenvalue weighted by Crippen LogP contribution is 2.07. The average Bonchev–Trinajstić information content (AvgIpc) is 2.11. The first-order valence-corrected chi connectivity index (χ1v) is 3.83. The maximum Gasteiger partial charge on any atom is 0.314 e. The van der Waals surface area contributed by atoms with E-state index in [4.69, 9.17) is 10.2 Å². The van der Waals surface area contributed by atoms with Crippen molar-refractivity contribution in [3.8, 4) is 0 Å². The summed E-state index contributed by atoms with van der Waals surface area (Å²) in [6.07, 6.45) is -0.457. The summed E-state index contributed by atoms with van der Waals surface area (Å²) in [4.78, 5) is 41.9. The number of rotatable bonds is 6. The molecule has 14 heavy (non-hydrogen) atoms. The summed E-state index contributed by atoms with van der Waals surface area (Å²) >= 11 is 0. The molecular weight excluding hydrogens is 192 g/mol. The molecule has 6 nitrogen and oxygen atoms in total. The van der Waals surface area contributed by atoms with E-state index in [1.165, 1.54) is 0 Å². The summed E-state index contributed by atoms with van der Waals surface area (Å²) in [6, 6.07) is 0. The maximum atomic E-state index is 11.1. The summed E-state index contributed by atoms with van der Waals surface area (Å²) in [7, 11) is 0. The topological polar surface area (TPSA) is 109 Å². The molecule has 0 radical (unpaired) electrons. The van der Waals surface area contributed by atoms with Crippen molar-refractivity contribution < 1.29 is 29.4 Å². The van der Waals surface area contributed by atoms with Gasteiger partial charge in [-0.1, -0.05) is 0 Å². The van der Waals surface area contributed by atoms with Crippen LogP contribution >= 0.6 is 0 Å². The van der Waals surface area contributed by atoms with Crippen LogP contribution in [-0.2, 0) is 19.2 Å². The monoisotopic (exact) mass is 202 g/mol. The molecule has 0 amide bonds. The number of hydrogen-bond acceptors (Lipinski definition) is 4. The highest BCUT2D eigenvalue weighted by Gasteiger charge is 2.26. The number of carboxylic acids is 2. The molecule has 0 aromatic carbocycles. The maximum absolute atomic E-state index is 11.1. The fraction of sp³-hybridized carbons (Fsp3) is 0.500.